The van der Waals surface area contributed by atoms with E-state index in [-0.39, 0.29) is 10.6 Å². The molecule has 0 bridgehead atoms. The minimum Gasteiger partial charge on any atom is -0.350 e. The van der Waals surface area contributed by atoms with Gasteiger partial charge in [0.15, 0.2) is 0 Å². The Balaban J connectivity index is 1.93. The summed E-state index contributed by atoms with van der Waals surface area (Å²) in [5.74, 6) is 0. The first-order chi connectivity index (χ1) is 10.1. The molecule has 1 N–H and O–H groups in total. The quantitative estimate of drug-likeness (QED) is 0.629. The smallest absolute Gasteiger partial charge is 0.292 e. The van der Waals surface area contributed by atoms with Gasteiger partial charge in [0.05, 0.1) is 4.92 Å². The molecule has 0 fully saturated rings. The van der Waals surface area contributed by atoms with E-state index in [9.17, 15) is 10.1 Å². The highest BCUT2D eigenvalue weighted by atomic mass is 79.9. The topological polar surface area (TPSA) is 55.2 Å². The molecule has 0 aliphatic heterocycles. The fourth-order valence-corrected chi connectivity index (χ4v) is 3.10. The van der Waals surface area contributed by atoms with Crippen LogP contribution in [0, 0.1) is 10.1 Å². The summed E-state index contributed by atoms with van der Waals surface area (Å²) in [7, 11) is 0. The molecular formula is C16H15BrN2O2. The Morgan fingerprint density at radius 1 is 1.05 bits per heavy atom. The van der Waals surface area contributed by atoms with Gasteiger partial charge >= 0.3 is 0 Å². The first-order valence-electron chi connectivity index (χ1n) is 6.96. The van der Waals surface area contributed by atoms with E-state index in [1.165, 1.54) is 30.0 Å². The number of hydrogen-bond donors (Lipinski definition) is 1. The fraction of sp³-hybridized carbons (Fsp3) is 0.250. The fourth-order valence-electron chi connectivity index (χ4n) is 2.73. The number of fused-ring (bicyclic) bond motifs is 1. The molecule has 0 aromatic heterocycles. The predicted octanol–water partition coefficient (Wildman–Crippen LogP) is 4.98. The lowest BCUT2D eigenvalue weighted by molar-refractivity contribution is -0.383. The van der Waals surface area contributed by atoms with E-state index in [2.05, 4.69) is 33.4 Å². The Labute approximate surface area is 131 Å². The van der Waals surface area contributed by atoms with E-state index in [4.69, 9.17) is 0 Å². The van der Waals surface area contributed by atoms with Crippen LogP contribution >= 0.6 is 15.9 Å². The summed E-state index contributed by atoms with van der Waals surface area (Å²) in [6.07, 6.45) is 4.68. The van der Waals surface area contributed by atoms with E-state index in [1.807, 2.05) is 6.07 Å². The molecule has 3 rings (SSSR count). The van der Waals surface area contributed by atoms with Crippen molar-refractivity contribution < 1.29 is 4.92 Å². The summed E-state index contributed by atoms with van der Waals surface area (Å²) in [6.45, 7) is 0. The van der Waals surface area contributed by atoms with Crippen molar-refractivity contribution in [1.29, 1.82) is 0 Å². The standard InChI is InChI=1S/C16H15BrN2O2/c17-13-6-8-16(19(20)21)15(10-13)18-14-7-5-11-3-1-2-4-12(11)9-14/h5-10,18H,1-4H2. The zero-order chi connectivity index (χ0) is 14.8. The van der Waals surface area contributed by atoms with Gasteiger partial charge in [0.1, 0.15) is 5.69 Å². The number of rotatable bonds is 3. The van der Waals surface area contributed by atoms with Crippen LogP contribution in [0.5, 0.6) is 0 Å². The van der Waals surface area contributed by atoms with Crippen LogP contribution in [0.3, 0.4) is 0 Å². The van der Waals surface area contributed by atoms with Crippen LogP contribution in [0.2, 0.25) is 0 Å². The molecule has 0 saturated carbocycles. The van der Waals surface area contributed by atoms with Gasteiger partial charge in [0.2, 0.25) is 0 Å². The second-order valence-electron chi connectivity index (χ2n) is 5.23. The van der Waals surface area contributed by atoms with Crippen molar-refractivity contribution in [2.45, 2.75) is 25.7 Å². The summed E-state index contributed by atoms with van der Waals surface area (Å²) in [5, 5.41) is 14.3. The molecule has 0 saturated heterocycles. The molecule has 1 aliphatic carbocycles. The lowest BCUT2D eigenvalue weighted by Crippen LogP contribution is -2.03. The third-order valence-electron chi connectivity index (χ3n) is 3.78. The number of anilines is 2. The van der Waals surface area contributed by atoms with Gasteiger partial charge in [-0.3, -0.25) is 10.1 Å². The zero-order valence-electron chi connectivity index (χ0n) is 11.4. The van der Waals surface area contributed by atoms with E-state index >= 15 is 0 Å². The number of nitrogens with zero attached hydrogens (tertiary/aromatic N) is 1. The molecule has 0 heterocycles. The third kappa shape index (κ3) is 3.08. The molecule has 5 heteroatoms. The van der Waals surface area contributed by atoms with Crippen LogP contribution in [-0.2, 0) is 12.8 Å². The van der Waals surface area contributed by atoms with Crippen LogP contribution in [0.25, 0.3) is 0 Å². The van der Waals surface area contributed by atoms with E-state index in [0.717, 1.165) is 23.0 Å². The highest BCUT2D eigenvalue weighted by molar-refractivity contribution is 9.10. The zero-order valence-corrected chi connectivity index (χ0v) is 13.0. The Bertz CT molecular complexity index is 701. The molecular weight excluding hydrogens is 332 g/mol. The summed E-state index contributed by atoms with van der Waals surface area (Å²) in [5.41, 5.74) is 4.23. The van der Waals surface area contributed by atoms with Crippen molar-refractivity contribution in [3.05, 3.63) is 62.1 Å². The van der Waals surface area contributed by atoms with E-state index < -0.39 is 0 Å². The molecule has 4 nitrogen and oxygen atoms in total. The molecule has 0 radical (unpaired) electrons. The van der Waals surface area contributed by atoms with Gasteiger partial charge in [-0.1, -0.05) is 22.0 Å². The number of hydrogen-bond acceptors (Lipinski definition) is 3. The Morgan fingerprint density at radius 2 is 1.81 bits per heavy atom. The molecule has 1 aliphatic rings. The van der Waals surface area contributed by atoms with E-state index in [0.29, 0.717) is 5.69 Å². The average molecular weight is 347 g/mol. The Kier molecular flexibility index (Phi) is 3.92. The Hall–Kier alpha value is -1.88. The lowest BCUT2D eigenvalue weighted by atomic mass is 9.91. The second kappa shape index (κ2) is 5.85. The largest absolute Gasteiger partial charge is 0.350 e. The van der Waals surface area contributed by atoms with Gasteiger partial charge in [0.25, 0.3) is 5.69 Å². The van der Waals surface area contributed by atoms with Gasteiger partial charge in [-0.25, -0.2) is 0 Å². The van der Waals surface area contributed by atoms with Gasteiger partial charge in [-0.05, 0) is 61.1 Å². The van der Waals surface area contributed by atoms with E-state index in [1.54, 1.807) is 12.1 Å². The second-order valence-corrected chi connectivity index (χ2v) is 6.15. The SMILES string of the molecule is O=[N+]([O-])c1ccc(Br)cc1Nc1ccc2c(c1)CCCC2. The minimum atomic E-state index is -0.368. The van der Waals surface area contributed by atoms with Gasteiger partial charge in [-0.15, -0.1) is 0 Å². The number of benzene rings is 2. The van der Waals surface area contributed by atoms with Crippen LogP contribution < -0.4 is 5.32 Å². The van der Waals surface area contributed by atoms with Crippen LogP contribution in [0.1, 0.15) is 24.0 Å². The molecule has 0 spiro atoms. The predicted molar refractivity (Wildman–Crippen MR) is 87.2 cm³/mol. The number of nitro groups is 1. The average Bonchev–Trinajstić information content (AvgIpc) is 2.47. The monoisotopic (exact) mass is 346 g/mol. The molecule has 0 atom stereocenters. The lowest BCUT2D eigenvalue weighted by Gasteiger charge is -2.17. The van der Waals surface area contributed by atoms with Crippen molar-refractivity contribution in [2.75, 3.05) is 5.32 Å². The molecule has 2 aromatic carbocycles. The maximum atomic E-state index is 11.1. The number of nitro benzene ring substituents is 1. The van der Waals surface area contributed by atoms with Crippen LogP contribution in [0.4, 0.5) is 17.1 Å². The molecule has 108 valence electrons. The molecule has 2 aromatic rings. The highest BCUT2D eigenvalue weighted by Gasteiger charge is 2.15. The Morgan fingerprint density at radius 3 is 2.57 bits per heavy atom. The summed E-state index contributed by atoms with van der Waals surface area (Å²) >= 11 is 3.36. The number of halogens is 1. The highest BCUT2D eigenvalue weighted by Crippen LogP contribution is 2.32. The van der Waals surface area contributed by atoms with Crippen molar-refractivity contribution in [3.63, 3.8) is 0 Å². The third-order valence-corrected chi connectivity index (χ3v) is 4.28. The van der Waals surface area contributed by atoms with Crippen LogP contribution in [-0.4, -0.2) is 4.92 Å². The van der Waals surface area contributed by atoms with Gasteiger partial charge in [-0.2, -0.15) is 0 Å². The maximum Gasteiger partial charge on any atom is 0.292 e. The van der Waals surface area contributed by atoms with Crippen molar-refractivity contribution in [2.24, 2.45) is 0 Å². The van der Waals surface area contributed by atoms with Gasteiger partial charge in [0, 0.05) is 16.2 Å². The summed E-state index contributed by atoms with van der Waals surface area (Å²) in [6, 6.07) is 11.1. The minimum absolute atomic E-state index is 0.0796. The summed E-state index contributed by atoms with van der Waals surface area (Å²) < 4.78 is 0.813. The first kappa shape index (κ1) is 14.1. The summed E-state index contributed by atoms with van der Waals surface area (Å²) in [4.78, 5) is 10.7. The van der Waals surface area contributed by atoms with Crippen molar-refractivity contribution in [3.8, 4) is 0 Å². The van der Waals surface area contributed by atoms with Crippen molar-refractivity contribution in [1.82, 2.24) is 0 Å². The molecule has 21 heavy (non-hydrogen) atoms. The van der Waals surface area contributed by atoms with Crippen LogP contribution in [0.15, 0.2) is 40.9 Å². The molecule has 0 amide bonds. The first-order valence-corrected chi connectivity index (χ1v) is 7.75. The molecule has 0 unspecified atom stereocenters. The van der Waals surface area contributed by atoms with Crippen molar-refractivity contribution >= 4 is 33.0 Å². The maximum absolute atomic E-state index is 11.1. The number of aryl methyl sites for hydroxylation is 2. The van der Waals surface area contributed by atoms with Gasteiger partial charge < -0.3 is 5.32 Å². The normalized spacial score (nSPS) is 13.6. The number of nitrogens with one attached hydrogen (secondary N) is 1.